The molecule has 3 aromatic carbocycles. The van der Waals surface area contributed by atoms with Crippen LogP contribution in [0.15, 0.2) is 66.7 Å². The highest BCUT2D eigenvalue weighted by Gasteiger charge is 2.08. The summed E-state index contributed by atoms with van der Waals surface area (Å²) in [7, 11) is 2.04. The van der Waals surface area contributed by atoms with Gasteiger partial charge in [0.05, 0.1) is 11.0 Å². The molecule has 0 aliphatic heterocycles. The molecule has 0 saturated heterocycles. The molecule has 0 aliphatic carbocycles. The molecule has 0 fully saturated rings. The normalized spacial score (nSPS) is 10.9. The molecule has 0 bridgehead atoms. The predicted octanol–water partition coefficient (Wildman–Crippen LogP) is 5.45. The lowest BCUT2D eigenvalue weighted by molar-refractivity contribution is 0.262. The number of fused-ring (bicyclic) bond motifs is 1. The molecule has 2 amide bonds. The number of hydrogen-bond acceptors (Lipinski definition) is 2. The van der Waals surface area contributed by atoms with Gasteiger partial charge < -0.3 is 15.2 Å². The Morgan fingerprint density at radius 1 is 0.967 bits per heavy atom. The fourth-order valence-corrected chi connectivity index (χ4v) is 3.39. The number of benzene rings is 3. The first-order valence-corrected chi connectivity index (χ1v) is 9.83. The quantitative estimate of drug-likeness (QED) is 0.466. The van der Waals surface area contributed by atoms with Crippen molar-refractivity contribution in [3.63, 3.8) is 0 Å². The van der Waals surface area contributed by atoms with Crippen LogP contribution in [0.4, 0.5) is 20.6 Å². The van der Waals surface area contributed by atoms with Crippen LogP contribution in [0.25, 0.3) is 11.0 Å². The zero-order valence-electron chi connectivity index (χ0n) is 16.9. The maximum Gasteiger partial charge on any atom is 0.323 e. The maximum absolute atomic E-state index is 13.6. The van der Waals surface area contributed by atoms with E-state index in [2.05, 4.69) is 21.3 Å². The van der Waals surface area contributed by atoms with Crippen molar-refractivity contribution in [3.05, 3.63) is 89.5 Å². The number of amides is 2. The van der Waals surface area contributed by atoms with Crippen molar-refractivity contribution in [1.82, 2.24) is 9.55 Å². The first kappa shape index (κ1) is 19.6. The van der Waals surface area contributed by atoms with Crippen LogP contribution < -0.4 is 10.6 Å². The van der Waals surface area contributed by atoms with Crippen LogP contribution in [0, 0.1) is 12.7 Å². The van der Waals surface area contributed by atoms with Crippen LogP contribution in [0.2, 0.25) is 0 Å². The fourth-order valence-electron chi connectivity index (χ4n) is 3.39. The van der Waals surface area contributed by atoms with E-state index in [0.717, 1.165) is 35.3 Å². The van der Waals surface area contributed by atoms with Crippen molar-refractivity contribution >= 4 is 28.4 Å². The maximum atomic E-state index is 13.6. The Balaban J connectivity index is 1.34. The van der Waals surface area contributed by atoms with Crippen molar-refractivity contribution in [1.29, 1.82) is 0 Å². The Morgan fingerprint density at radius 2 is 1.67 bits per heavy atom. The van der Waals surface area contributed by atoms with Crippen LogP contribution >= 0.6 is 0 Å². The number of para-hydroxylation sites is 2. The van der Waals surface area contributed by atoms with E-state index in [1.165, 1.54) is 6.07 Å². The number of carbonyl (C=O) groups is 1. The second-order valence-corrected chi connectivity index (χ2v) is 7.32. The van der Waals surface area contributed by atoms with Crippen LogP contribution in [-0.4, -0.2) is 15.6 Å². The number of imidazole rings is 1. The Morgan fingerprint density at radius 3 is 2.40 bits per heavy atom. The molecule has 0 spiro atoms. The fraction of sp³-hybridized carbons (Fsp3) is 0.167. The third kappa shape index (κ3) is 4.33. The zero-order valence-corrected chi connectivity index (χ0v) is 16.9. The molecule has 2 N–H and O–H groups in total. The molecule has 0 aliphatic rings. The number of urea groups is 1. The third-order valence-corrected chi connectivity index (χ3v) is 5.16. The molecule has 0 saturated carbocycles. The van der Waals surface area contributed by atoms with E-state index in [1.807, 2.05) is 49.5 Å². The Bertz CT molecular complexity index is 1200. The summed E-state index contributed by atoms with van der Waals surface area (Å²) in [4.78, 5) is 16.8. The smallest absolute Gasteiger partial charge is 0.323 e. The topological polar surface area (TPSA) is 59.0 Å². The van der Waals surface area contributed by atoms with E-state index in [9.17, 15) is 9.18 Å². The van der Waals surface area contributed by atoms with Gasteiger partial charge in [0.2, 0.25) is 0 Å². The number of rotatable bonds is 5. The van der Waals surface area contributed by atoms with Crippen molar-refractivity contribution in [2.24, 2.45) is 7.05 Å². The number of aromatic nitrogens is 2. The summed E-state index contributed by atoms with van der Waals surface area (Å²) in [5, 5.41) is 5.40. The molecule has 4 rings (SSSR count). The minimum atomic E-state index is -0.411. The molecule has 6 heteroatoms. The van der Waals surface area contributed by atoms with Gasteiger partial charge in [-0.05, 0) is 60.9 Å². The summed E-state index contributed by atoms with van der Waals surface area (Å²) in [5.74, 6) is 0.695. The molecule has 0 radical (unpaired) electrons. The summed E-state index contributed by atoms with van der Waals surface area (Å²) in [6.45, 7) is 1.68. The van der Waals surface area contributed by atoms with Gasteiger partial charge in [-0.3, -0.25) is 0 Å². The number of nitrogens with one attached hydrogen (secondary N) is 2. The Labute approximate surface area is 174 Å². The van der Waals surface area contributed by atoms with Gasteiger partial charge in [0.25, 0.3) is 0 Å². The van der Waals surface area contributed by atoms with Gasteiger partial charge in [0, 0.05) is 24.8 Å². The standard InChI is InChI=1S/C24H23FN4O/c1-16-7-11-19(15-20(16)25)27-24(30)26-18-12-8-17(9-13-18)10-14-23-28-21-5-3-4-6-22(21)29(23)2/h3-9,11-13,15H,10,14H2,1-2H3,(H2,26,27,30). The molecule has 0 unspecified atom stereocenters. The highest BCUT2D eigenvalue weighted by molar-refractivity contribution is 5.99. The lowest BCUT2D eigenvalue weighted by Crippen LogP contribution is -2.19. The average molecular weight is 402 g/mol. The van der Waals surface area contributed by atoms with E-state index in [0.29, 0.717) is 16.9 Å². The first-order chi connectivity index (χ1) is 14.5. The molecule has 4 aromatic rings. The molecule has 152 valence electrons. The second-order valence-electron chi connectivity index (χ2n) is 7.32. The minimum Gasteiger partial charge on any atom is -0.331 e. The summed E-state index contributed by atoms with van der Waals surface area (Å²) in [5.41, 5.74) is 4.92. The van der Waals surface area contributed by atoms with Gasteiger partial charge in [-0.25, -0.2) is 14.2 Å². The number of carbonyl (C=O) groups excluding carboxylic acids is 1. The van der Waals surface area contributed by atoms with Crippen LogP contribution in [-0.2, 0) is 19.9 Å². The summed E-state index contributed by atoms with van der Waals surface area (Å²) in [6.07, 6.45) is 1.68. The Hall–Kier alpha value is -3.67. The van der Waals surface area contributed by atoms with E-state index in [1.54, 1.807) is 19.1 Å². The molecule has 1 aromatic heterocycles. The number of halogens is 1. The highest BCUT2D eigenvalue weighted by atomic mass is 19.1. The van der Waals surface area contributed by atoms with Crippen LogP contribution in [0.3, 0.4) is 0 Å². The minimum absolute atomic E-state index is 0.349. The van der Waals surface area contributed by atoms with Crippen molar-refractivity contribution < 1.29 is 9.18 Å². The average Bonchev–Trinajstić information content (AvgIpc) is 3.06. The van der Waals surface area contributed by atoms with Crippen LogP contribution in [0.5, 0.6) is 0 Å². The number of nitrogens with zero attached hydrogens (tertiary/aromatic N) is 2. The van der Waals surface area contributed by atoms with Gasteiger partial charge >= 0.3 is 6.03 Å². The lowest BCUT2D eigenvalue weighted by atomic mass is 10.1. The highest BCUT2D eigenvalue weighted by Crippen LogP contribution is 2.18. The van der Waals surface area contributed by atoms with Crippen molar-refractivity contribution in [2.75, 3.05) is 10.6 Å². The SMILES string of the molecule is Cc1ccc(NC(=O)Nc2ccc(CCc3nc4ccccc4n3C)cc2)cc1F. The van der Waals surface area contributed by atoms with E-state index < -0.39 is 6.03 Å². The first-order valence-electron chi connectivity index (χ1n) is 9.83. The summed E-state index contributed by atoms with van der Waals surface area (Å²) in [6, 6.07) is 20.0. The molecule has 30 heavy (non-hydrogen) atoms. The number of hydrogen-bond donors (Lipinski definition) is 2. The largest absolute Gasteiger partial charge is 0.331 e. The second kappa shape index (κ2) is 8.37. The monoisotopic (exact) mass is 402 g/mol. The van der Waals surface area contributed by atoms with Gasteiger partial charge in [-0.2, -0.15) is 0 Å². The molecule has 0 atom stereocenters. The van der Waals surface area contributed by atoms with Gasteiger partial charge in [0.1, 0.15) is 11.6 Å². The van der Waals surface area contributed by atoms with E-state index >= 15 is 0 Å². The zero-order chi connectivity index (χ0) is 21.1. The molecule has 5 nitrogen and oxygen atoms in total. The lowest BCUT2D eigenvalue weighted by Gasteiger charge is -2.09. The Kier molecular flexibility index (Phi) is 5.48. The van der Waals surface area contributed by atoms with Crippen LogP contribution in [0.1, 0.15) is 17.0 Å². The van der Waals surface area contributed by atoms with Gasteiger partial charge in [-0.15, -0.1) is 0 Å². The molecular formula is C24H23FN4O. The van der Waals surface area contributed by atoms with E-state index in [4.69, 9.17) is 4.98 Å². The number of anilines is 2. The third-order valence-electron chi connectivity index (χ3n) is 5.16. The van der Waals surface area contributed by atoms with Gasteiger partial charge in [-0.1, -0.05) is 30.3 Å². The predicted molar refractivity (Wildman–Crippen MR) is 118 cm³/mol. The molecule has 1 heterocycles. The summed E-state index contributed by atoms with van der Waals surface area (Å²) >= 11 is 0. The van der Waals surface area contributed by atoms with Crippen molar-refractivity contribution in [3.8, 4) is 0 Å². The molecular weight excluding hydrogens is 379 g/mol. The number of aryl methyl sites for hydroxylation is 4. The van der Waals surface area contributed by atoms with Gasteiger partial charge in [0.15, 0.2) is 0 Å². The van der Waals surface area contributed by atoms with Crippen molar-refractivity contribution in [2.45, 2.75) is 19.8 Å². The summed E-state index contributed by atoms with van der Waals surface area (Å²) < 4.78 is 15.7. The van der Waals surface area contributed by atoms with E-state index in [-0.39, 0.29) is 5.82 Å².